The number of H-pyrrole nitrogens is 1. The molecule has 0 amide bonds. The average Bonchev–Trinajstić information content (AvgIpc) is 3.10. The molecule has 0 aliphatic rings. The van der Waals surface area contributed by atoms with Crippen molar-refractivity contribution in [3.8, 4) is 0 Å². The van der Waals surface area contributed by atoms with Gasteiger partial charge in [-0.1, -0.05) is 41.7 Å². The van der Waals surface area contributed by atoms with Gasteiger partial charge >= 0.3 is 0 Å². The van der Waals surface area contributed by atoms with Crippen molar-refractivity contribution in [3.63, 3.8) is 0 Å². The maximum Gasteiger partial charge on any atom is 0.211 e. The van der Waals surface area contributed by atoms with Crippen LogP contribution in [0.2, 0.25) is 0 Å². The fraction of sp³-hybridized carbons (Fsp3) is 0.0588. The zero-order valence-electron chi connectivity index (χ0n) is 12.0. The molecule has 0 aliphatic heterocycles. The highest BCUT2D eigenvalue weighted by molar-refractivity contribution is 7.16. The lowest BCUT2D eigenvalue weighted by molar-refractivity contribution is 0.889. The second kappa shape index (κ2) is 5.27. The Kier molecular flexibility index (Phi) is 3.12. The van der Waals surface area contributed by atoms with Gasteiger partial charge in [0.2, 0.25) is 4.80 Å². The Bertz CT molecular complexity index is 1050. The van der Waals surface area contributed by atoms with E-state index in [2.05, 4.69) is 44.0 Å². The van der Waals surface area contributed by atoms with Crippen LogP contribution < -0.4 is 4.80 Å². The first-order chi connectivity index (χ1) is 10.8. The highest BCUT2D eigenvalue weighted by Crippen LogP contribution is 2.16. The standard InChI is InChI=1S/C17H14N4S/c1-21-15-8-4-5-9-16(15)22-17(21)20-19-11-12-10-18-14-7-3-2-6-13(12)14/h2-11,18H,1H3/b19-11+,20-17-. The number of hydrogen-bond donors (Lipinski definition) is 1. The van der Waals surface area contributed by atoms with Gasteiger partial charge in [0, 0.05) is 29.7 Å². The summed E-state index contributed by atoms with van der Waals surface area (Å²) in [6, 6.07) is 16.4. The quantitative estimate of drug-likeness (QED) is 0.434. The van der Waals surface area contributed by atoms with E-state index in [0.29, 0.717) is 0 Å². The predicted molar refractivity (Wildman–Crippen MR) is 92.3 cm³/mol. The number of para-hydroxylation sites is 2. The summed E-state index contributed by atoms with van der Waals surface area (Å²) < 4.78 is 3.28. The van der Waals surface area contributed by atoms with E-state index in [1.54, 1.807) is 17.6 Å². The van der Waals surface area contributed by atoms with Crippen LogP contribution in [0.3, 0.4) is 0 Å². The average molecular weight is 306 g/mol. The minimum Gasteiger partial charge on any atom is -0.361 e. The van der Waals surface area contributed by atoms with Gasteiger partial charge in [-0.15, -0.1) is 5.10 Å². The van der Waals surface area contributed by atoms with Crippen LogP contribution in [0.5, 0.6) is 0 Å². The van der Waals surface area contributed by atoms with Gasteiger partial charge < -0.3 is 9.55 Å². The van der Waals surface area contributed by atoms with E-state index in [1.165, 1.54) is 10.2 Å². The van der Waals surface area contributed by atoms with Gasteiger partial charge in [0.15, 0.2) is 0 Å². The van der Waals surface area contributed by atoms with Crippen LogP contribution in [0.1, 0.15) is 5.56 Å². The maximum atomic E-state index is 4.36. The summed E-state index contributed by atoms with van der Waals surface area (Å²) >= 11 is 1.64. The third kappa shape index (κ3) is 2.16. The molecule has 0 aliphatic carbocycles. The molecular weight excluding hydrogens is 292 g/mol. The molecule has 0 bridgehead atoms. The summed E-state index contributed by atoms with van der Waals surface area (Å²) in [5, 5.41) is 9.78. The van der Waals surface area contributed by atoms with Gasteiger partial charge in [0.1, 0.15) is 0 Å². The lowest BCUT2D eigenvalue weighted by atomic mass is 10.2. The van der Waals surface area contributed by atoms with Crippen molar-refractivity contribution >= 4 is 38.7 Å². The van der Waals surface area contributed by atoms with Crippen molar-refractivity contribution in [1.82, 2.24) is 9.55 Å². The van der Waals surface area contributed by atoms with E-state index in [0.717, 1.165) is 21.3 Å². The first-order valence-electron chi connectivity index (χ1n) is 7.01. The molecule has 0 saturated heterocycles. The van der Waals surface area contributed by atoms with Crippen LogP contribution in [-0.2, 0) is 7.05 Å². The lowest BCUT2D eigenvalue weighted by Gasteiger charge is -1.92. The molecule has 4 rings (SSSR count). The molecule has 1 N–H and O–H groups in total. The summed E-state index contributed by atoms with van der Waals surface area (Å²) in [6.45, 7) is 0. The van der Waals surface area contributed by atoms with Gasteiger partial charge in [0.25, 0.3) is 0 Å². The summed E-state index contributed by atoms with van der Waals surface area (Å²) in [5.74, 6) is 0. The van der Waals surface area contributed by atoms with Crippen LogP contribution in [0.4, 0.5) is 0 Å². The van der Waals surface area contributed by atoms with E-state index in [4.69, 9.17) is 0 Å². The number of nitrogens with zero attached hydrogens (tertiary/aromatic N) is 3. The van der Waals surface area contributed by atoms with Crippen molar-refractivity contribution in [3.05, 3.63) is 65.1 Å². The van der Waals surface area contributed by atoms with Crippen LogP contribution in [0.15, 0.2) is 64.9 Å². The number of rotatable bonds is 2. The molecule has 0 unspecified atom stereocenters. The minimum atomic E-state index is 0.886. The van der Waals surface area contributed by atoms with Gasteiger partial charge in [0.05, 0.1) is 16.4 Å². The molecule has 2 aromatic heterocycles. The van der Waals surface area contributed by atoms with Gasteiger partial charge in [-0.2, -0.15) is 5.10 Å². The Balaban J connectivity index is 1.75. The third-order valence-corrected chi connectivity index (χ3v) is 4.78. The van der Waals surface area contributed by atoms with Crippen molar-refractivity contribution < 1.29 is 0 Å². The largest absolute Gasteiger partial charge is 0.361 e. The van der Waals surface area contributed by atoms with Crippen molar-refractivity contribution in [2.24, 2.45) is 17.3 Å². The van der Waals surface area contributed by atoms with Gasteiger partial charge in [-0.25, -0.2) is 0 Å². The smallest absolute Gasteiger partial charge is 0.211 e. The monoisotopic (exact) mass is 306 g/mol. The SMILES string of the molecule is Cn1/c(=N/N=C/c2c[nH]c3ccccc23)sc2ccccc21. The number of fused-ring (bicyclic) bond motifs is 2. The molecule has 4 aromatic rings. The number of aryl methyl sites for hydroxylation is 1. The second-order valence-electron chi connectivity index (χ2n) is 5.05. The highest BCUT2D eigenvalue weighted by Gasteiger charge is 2.01. The number of nitrogens with one attached hydrogen (secondary N) is 1. The number of aromatic nitrogens is 2. The molecule has 2 aromatic carbocycles. The van der Waals surface area contributed by atoms with Crippen LogP contribution in [0.25, 0.3) is 21.1 Å². The fourth-order valence-corrected chi connectivity index (χ4v) is 3.50. The molecular formula is C17H14N4S. The molecule has 4 nitrogen and oxygen atoms in total. The van der Waals surface area contributed by atoms with Gasteiger partial charge in [-0.3, -0.25) is 0 Å². The van der Waals surface area contributed by atoms with E-state index in [9.17, 15) is 0 Å². The summed E-state index contributed by atoms with van der Waals surface area (Å²) in [7, 11) is 2.01. The zero-order valence-corrected chi connectivity index (χ0v) is 12.8. The van der Waals surface area contributed by atoms with Crippen molar-refractivity contribution in [2.45, 2.75) is 0 Å². The summed E-state index contributed by atoms with van der Waals surface area (Å²) in [4.78, 5) is 4.12. The molecule has 2 heterocycles. The maximum absolute atomic E-state index is 4.36. The number of thiazole rings is 1. The Morgan fingerprint density at radius 3 is 2.82 bits per heavy atom. The van der Waals surface area contributed by atoms with E-state index in [-0.39, 0.29) is 0 Å². The number of benzene rings is 2. The molecule has 0 radical (unpaired) electrons. The van der Waals surface area contributed by atoms with Crippen molar-refractivity contribution in [1.29, 1.82) is 0 Å². The molecule has 22 heavy (non-hydrogen) atoms. The Labute approximate surface area is 131 Å². The zero-order chi connectivity index (χ0) is 14.9. The molecule has 0 fully saturated rings. The van der Waals surface area contributed by atoms with E-state index >= 15 is 0 Å². The third-order valence-electron chi connectivity index (χ3n) is 3.68. The first-order valence-corrected chi connectivity index (χ1v) is 7.82. The molecule has 108 valence electrons. The Morgan fingerprint density at radius 1 is 1.09 bits per heavy atom. The predicted octanol–water partition coefficient (Wildman–Crippen LogP) is 3.66. The molecule has 0 atom stereocenters. The topological polar surface area (TPSA) is 45.4 Å². The van der Waals surface area contributed by atoms with Crippen molar-refractivity contribution in [2.75, 3.05) is 0 Å². The minimum absolute atomic E-state index is 0.886. The summed E-state index contributed by atoms with van der Waals surface area (Å²) in [5.41, 5.74) is 3.33. The van der Waals surface area contributed by atoms with Crippen LogP contribution in [-0.4, -0.2) is 15.8 Å². The Hall–Kier alpha value is -2.66. The molecule has 5 heteroatoms. The van der Waals surface area contributed by atoms with E-state index < -0.39 is 0 Å². The molecule has 0 spiro atoms. The van der Waals surface area contributed by atoms with Gasteiger partial charge in [-0.05, 0) is 18.2 Å². The fourth-order valence-electron chi connectivity index (χ4n) is 2.52. The van der Waals surface area contributed by atoms with E-state index in [1.807, 2.05) is 37.5 Å². The van der Waals surface area contributed by atoms with Crippen LogP contribution >= 0.6 is 11.3 Å². The van der Waals surface area contributed by atoms with Crippen LogP contribution in [0, 0.1) is 0 Å². The number of hydrogen-bond acceptors (Lipinski definition) is 3. The summed E-state index contributed by atoms with van der Waals surface area (Å²) in [6.07, 6.45) is 3.75. The highest BCUT2D eigenvalue weighted by atomic mass is 32.1. The normalized spacial score (nSPS) is 12.9. The second-order valence-corrected chi connectivity index (χ2v) is 6.05. The number of aromatic amines is 1. The lowest BCUT2D eigenvalue weighted by Crippen LogP contribution is -2.08. The molecule has 0 saturated carbocycles. The Morgan fingerprint density at radius 2 is 1.91 bits per heavy atom. The first kappa shape index (κ1) is 13.0.